The first kappa shape index (κ1) is 11.4. The third-order valence-electron chi connectivity index (χ3n) is 2.71. The second-order valence-corrected chi connectivity index (χ2v) is 5.31. The van der Waals surface area contributed by atoms with Crippen molar-refractivity contribution in [2.24, 2.45) is 0 Å². The lowest BCUT2D eigenvalue weighted by Crippen LogP contribution is -2.11. The van der Waals surface area contributed by atoms with Crippen LogP contribution in [0.25, 0.3) is 10.2 Å². The van der Waals surface area contributed by atoms with Crippen LogP contribution in [-0.4, -0.2) is 4.98 Å². The molecule has 0 fully saturated rings. The first-order valence-corrected chi connectivity index (χ1v) is 6.73. The van der Waals surface area contributed by atoms with Crippen LogP contribution in [-0.2, 0) is 13.1 Å². The number of nitrogens with one attached hydrogen (secondary N) is 1. The number of aromatic nitrogens is 1. The fraction of sp³-hybridized carbons (Fsp3) is 0.214. The lowest BCUT2D eigenvalue weighted by Gasteiger charge is -1.98. The third kappa shape index (κ3) is 2.44. The molecular formula is C14H14N2OS. The summed E-state index contributed by atoms with van der Waals surface area (Å²) in [6.45, 7) is 3.47. The number of fused-ring (bicyclic) bond motifs is 1. The van der Waals surface area contributed by atoms with Crippen molar-refractivity contribution < 1.29 is 4.42 Å². The van der Waals surface area contributed by atoms with Gasteiger partial charge in [0, 0.05) is 6.54 Å². The number of rotatable bonds is 4. The van der Waals surface area contributed by atoms with Crippen molar-refractivity contribution in [3.63, 3.8) is 0 Å². The Labute approximate surface area is 109 Å². The van der Waals surface area contributed by atoms with Gasteiger partial charge in [0.25, 0.3) is 0 Å². The van der Waals surface area contributed by atoms with Crippen LogP contribution >= 0.6 is 11.3 Å². The Morgan fingerprint density at radius 2 is 2.06 bits per heavy atom. The molecule has 1 N–H and O–H groups in total. The molecule has 0 atom stereocenters. The zero-order valence-electron chi connectivity index (χ0n) is 10.1. The largest absolute Gasteiger partial charge is 0.465 e. The predicted molar refractivity (Wildman–Crippen MR) is 73.6 cm³/mol. The van der Waals surface area contributed by atoms with Crippen molar-refractivity contribution in [1.29, 1.82) is 0 Å². The maximum absolute atomic E-state index is 5.50. The molecule has 2 heterocycles. The van der Waals surface area contributed by atoms with E-state index < -0.39 is 0 Å². The second-order valence-electron chi connectivity index (χ2n) is 4.19. The minimum atomic E-state index is 0.740. The van der Waals surface area contributed by atoms with E-state index in [-0.39, 0.29) is 0 Å². The zero-order valence-corrected chi connectivity index (χ0v) is 11.0. The first-order valence-electron chi connectivity index (χ1n) is 5.92. The summed E-state index contributed by atoms with van der Waals surface area (Å²) in [7, 11) is 0. The zero-order chi connectivity index (χ0) is 12.4. The molecule has 0 saturated heterocycles. The number of nitrogens with zero attached hydrogens (tertiary/aromatic N) is 1. The average Bonchev–Trinajstić information content (AvgIpc) is 2.95. The van der Waals surface area contributed by atoms with E-state index in [2.05, 4.69) is 16.4 Å². The summed E-state index contributed by atoms with van der Waals surface area (Å²) in [6.07, 6.45) is 0. The molecule has 0 bridgehead atoms. The normalized spacial score (nSPS) is 11.2. The molecule has 0 spiro atoms. The van der Waals surface area contributed by atoms with Crippen molar-refractivity contribution in [3.8, 4) is 0 Å². The Hall–Kier alpha value is -1.65. The summed E-state index contributed by atoms with van der Waals surface area (Å²) < 4.78 is 6.74. The van der Waals surface area contributed by atoms with Gasteiger partial charge in [0.15, 0.2) is 0 Å². The van der Waals surface area contributed by atoms with Crippen LogP contribution in [0.2, 0.25) is 0 Å². The quantitative estimate of drug-likeness (QED) is 0.778. The molecule has 0 amide bonds. The minimum absolute atomic E-state index is 0.740. The van der Waals surface area contributed by atoms with Gasteiger partial charge in [-0.2, -0.15) is 0 Å². The Morgan fingerprint density at radius 1 is 1.17 bits per heavy atom. The molecule has 3 aromatic rings. The van der Waals surface area contributed by atoms with Crippen LogP contribution in [0.5, 0.6) is 0 Å². The van der Waals surface area contributed by atoms with E-state index in [9.17, 15) is 0 Å². The van der Waals surface area contributed by atoms with Gasteiger partial charge in [-0.3, -0.25) is 0 Å². The van der Waals surface area contributed by atoms with Crippen LogP contribution < -0.4 is 5.32 Å². The molecule has 92 valence electrons. The highest BCUT2D eigenvalue weighted by molar-refractivity contribution is 7.18. The SMILES string of the molecule is Cc1ccc(CNCc2nc3ccccc3s2)o1. The highest BCUT2D eigenvalue weighted by Crippen LogP contribution is 2.21. The highest BCUT2D eigenvalue weighted by atomic mass is 32.1. The minimum Gasteiger partial charge on any atom is -0.465 e. The average molecular weight is 258 g/mol. The van der Waals surface area contributed by atoms with Crippen LogP contribution in [0.1, 0.15) is 16.5 Å². The maximum atomic E-state index is 5.50. The van der Waals surface area contributed by atoms with E-state index in [0.717, 1.165) is 35.1 Å². The molecule has 18 heavy (non-hydrogen) atoms. The summed E-state index contributed by atoms with van der Waals surface area (Å²) in [5, 5.41) is 4.46. The number of hydrogen-bond donors (Lipinski definition) is 1. The summed E-state index contributed by atoms with van der Waals surface area (Å²) in [6, 6.07) is 12.2. The second kappa shape index (κ2) is 4.92. The van der Waals surface area contributed by atoms with Gasteiger partial charge in [-0.1, -0.05) is 12.1 Å². The van der Waals surface area contributed by atoms with Gasteiger partial charge in [0.1, 0.15) is 16.5 Å². The monoisotopic (exact) mass is 258 g/mol. The van der Waals surface area contributed by atoms with Crippen LogP contribution in [0, 0.1) is 6.92 Å². The van der Waals surface area contributed by atoms with Gasteiger partial charge in [-0.25, -0.2) is 4.98 Å². The number of furan rings is 1. The number of thiazole rings is 1. The van der Waals surface area contributed by atoms with Gasteiger partial charge >= 0.3 is 0 Å². The molecule has 4 heteroatoms. The molecule has 0 aliphatic carbocycles. The highest BCUT2D eigenvalue weighted by Gasteiger charge is 2.03. The van der Waals surface area contributed by atoms with E-state index in [4.69, 9.17) is 4.42 Å². The number of aryl methyl sites for hydroxylation is 1. The van der Waals surface area contributed by atoms with Crippen LogP contribution in [0.4, 0.5) is 0 Å². The number of benzene rings is 1. The molecule has 2 aromatic heterocycles. The summed E-state index contributed by atoms with van der Waals surface area (Å²) >= 11 is 1.73. The molecule has 0 aliphatic heterocycles. The Balaban J connectivity index is 1.62. The molecule has 3 nitrogen and oxygen atoms in total. The van der Waals surface area contributed by atoms with Gasteiger partial charge in [0.2, 0.25) is 0 Å². The fourth-order valence-corrected chi connectivity index (χ4v) is 2.81. The maximum Gasteiger partial charge on any atom is 0.117 e. The lowest BCUT2D eigenvalue weighted by molar-refractivity contribution is 0.461. The van der Waals surface area contributed by atoms with Gasteiger partial charge in [0.05, 0.1) is 16.8 Å². The summed E-state index contributed by atoms with van der Waals surface area (Å²) in [5.41, 5.74) is 1.08. The predicted octanol–water partition coefficient (Wildman–Crippen LogP) is 3.49. The Bertz CT molecular complexity index is 623. The van der Waals surface area contributed by atoms with E-state index >= 15 is 0 Å². The molecule has 0 radical (unpaired) electrons. The van der Waals surface area contributed by atoms with E-state index in [1.165, 1.54) is 4.70 Å². The first-order chi connectivity index (χ1) is 8.81. The van der Waals surface area contributed by atoms with Crippen molar-refractivity contribution >= 4 is 21.6 Å². The van der Waals surface area contributed by atoms with Crippen LogP contribution in [0.15, 0.2) is 40.8 Å². The number of hydrogen-bond acceptors (Lipinski definition) is 4. The molecule has 3 rings (SSSR count). The van der Waals surface area contributed by atoms with E-state index in [1.54, 1.807) is 11.3 Å². The molecular weight excluding hydrogens is 244 g/mol. The van der Waals surface area contributed by atoms with E-state index in [0.29, 0.717) is 0 Å². The van der Waals surface area contributed by atoms with Crippen LogP contribution in [0.3, 0.4) is 0 Å². The van der Waals surface area contributed by atoms with Crippen molar-refractivity contribution in [1.82, 2.24) is 10.3 Å². The van der Waals surface area contributed by atoms with Gasteiger partial charge < -0.3 is 9.73 Å². The molecule has 1 aromatic carbocycles. The smallest absolute Gasteiger partial charge is 0.117 e. The van der Waals surface area contributed by atoms with Crippen molar-refractivity contribution in [3.05, 3.63) is 52.9 Å². The Kier molecular flexibility index (Phi) is 3.13. The summed E-state index contributed by atoms with van der Waals surface area (Å²) in [4.78, 5) is 4.57. The third-order valence-corrected chi connectivity index (χ3v) is 3.75. The number of para-hydroxylation sites is 1. The van der Waals surface area contributed by atoms with Crippen molar-refractivity contribution in [2.45, 2.75) is 20.0 Å². The van der Waals surface area contributed by atoms with Gasteiger partial charge in [-0.05, 0) is 31.2 Å². The Morgan fingerprint density at radius 3 is 2.83 bits per heavy atom. The van der Waals surface area contributed by atoms with Crippen molar-refractivity contribution in [2.75, 3.05) is 0 Å². The van der Waals surface area contributed by atoms with Gasteiger partial charge in [-0.15, -0.1) is 11.3 Å². The summed E-state index contributed by atoms with van der Waals surface area (Å²) in [5.74, 6) is 1.92. The lowest BCUT2D eigenvalue weighted by atomic mass is 10.3. The molecule has 0 unspecified atom stereocenters. The molecule has 0 aliphatic rings. The topological polar surface area (TPSA) is 38.1 Å². The standard InChI is InChI=1S/C14H14N2OS/c1-10-6-7-11(17-10)8-15-9-14-16-12-4-2-3-5-13(12)18-14/h2-7,15H,8-9H2,1H3. The van der Waals surface area contributed by atoms with E-state index in [1.807, 2.05) is 37.3 Å². The fourth-order valence-electron chi connectivity index (χ4n) is 1.87. The molecule has 0 saturated carbocycles.